The van der Waals surface area contributed by atoms with E-state index in [0.29, 0.717) is 12.0 Å². The molecule has 2 aromatic carbocycles. The van der Waals surface area contributed by atoms with Crippen molar-refractivity contribution in [3.05, 3.63) is 64.7 Å². The highest BCUT2D eigenvalue weighted by atomic mass is 79.9. The Hall–Kier alpha value is -1.75. The zero-order valence-electron chi connectivity index (χ0n) is 11.2. The molecule has 2 nitrogen and oxygen atoms in total. The maximum atomic E-state index is 13.3. The van der Waals surface area contributed by atoms with E-state index >= 15 is 0 Å². The highest BCUT2D eigenvalue weighted by molar-refractivity contribution is 9.09. The second kappa shape index (κ2) is 5.22. The number of amides is 1. The number of carbonyl (C=O) groups is 1. The largest absolute Gasteiger partial charge is 0.315 e. The van der Waals surface area contributed by atoms with E-state index in [-0.39, 0.29) is 10.7 Å². The van der Waals surface area contributed by atoms with Crippen molar-refractivity contribution in [3.63, 3.8) is 0 Å². The number of hydrogen-bond donors (Lipinski definition) is 0. The molecule has 1 amide bonds. The molecule has 0 bridgehead atoms. The van der Waals surface area contributed by atoms with Gasteiger partial charge in [-0.25, -0.2) is 8.78 Å². The zero-order chi connectivity index (χ0) is 15.1. The molecule has 1 atom stereocenters. The Balaban J connectivity index is 1.96. The summed E-state index contributed by atoms with van der Waals surface area (Å²) in [6.45, 7) is 0. The van der Waals surface area contributed by atoms with Crippen molar-refractivity contribution < 1.29 is 13.6 Å². The molecule has 0 aromatic heterocycles. The highest BCUT2D eigenvalue weighted by Crippen LogP contribution is 2.36. The fourth-order valence-electron chi connectivity index (χ4n) is 2.51. The van der Waals surface area contributed by atoms with Crippen molar-refractivity contribution >= 4 is 27.5 Å². The summed E-state index contributed by atoms with van der Waals surface area (Å²) in [6.07, 6.45) is 0.372. The Morgan fingerprint density at radius 1 is 1.10 bits per heavy atom. The van der Waals surface area contributed by atoms with Crippen LogP contribution in [0.2, 0.25) is 0 Å². The van der Waals surface area contributed by atoms with E-state index in [1.54, 1.807) is 18.0 Å². The first-order valence-corrected chi connectivity index (χ1v) is 7.37. The second-order valence-electron chi connectivity index (χ2n) is 5.05. The molecule has 1 unspecified atom stereocenters. The van der Waals surface area contributed by atoms with Gasteiger partial charge in [0.1, 0.15) is 0 Å². The average Bonchev–Trinajstić information content (AvgIpc) is 2.76. The van der Waals surface area contributed by atoms with Crippen molar-refractivity contribution in [2.75, 3.05) is 11.9 Å². The van der Waals surface area contributed by atoms with Crippen LogP contribution in [0.15, 0.2) is 36.4 Å². The summed E-state index contributed by atoms with van der Waals surface area (Å²) >= 11 is 3.50. The molecule has 1 aliphatic heterocycles. The first-order chi connectivity index (χ1) is 9.97. The van der Waals surface area contributed by atoms with Gasteiger partial charge in [0, 0.05) is 12.7 Å². The Bertz CT molecular complexity index is 732. The van der Waals surface area contributed by atoms with Gasteiger partial charge in [-0.05, 0) is 34.9 Å². The number of anilines is 1. The van der Waals surface area contributed by atoms with E-state index < -0.39 is 11.6 Å². The third-order valence-corrected chi connectivity index (χ3v) is 4.77. The van der Waals surface area contributed by atoms with Gasteiger partial charge in [0.05, 0.1) is 11.2 Å². The number of rotatable bonds is 2. The average molecular weight is 352 g/mol. The molecular formula is C16H12BrF2NO. The molecule has 1 aliphatic rings. The number of carbonyl (C=O) groups excluding carboxylic acids is 1. The standard InChI is InChI=1S/C16H12BrF2NO/c1-20-14-5-3-9(6-11(14)8-15(20)21)16(17)10-2-4-12(18)13(19)7-10/h2-7,16H,8H2,1H3. The topological polar surface area (TPSA) is 20.3 Å². The molecule has 0 radical (unpaired) electrons. The summed E-state index contributed by atoms with van der Waals surface area (Å²) in [5.74, 6) is -1.67. The fourth-order valence-corrected chi connectivity index (χ4v) is 3.08. The Labute approximate surface area is 129 Å². The molecule has 1 heterocycles. The Morgan fingerprint density at radius 2 is 1.76 bits per heavy atom. The highest BCUT2D eigenvalue weighted by Gasteiger charge is 2.25. The number of alkyl halides is 1. The van der Waals surface area contributed by atoms with Crippen LogP contribution in [0.3, 0.4) is 0 Å². The Kier molecular flexibility index (Phi) is 3.53. The van der Waals surface area contributed by atoms with Crippen molar-refractivity contribution in [3.8, 4) is 0 Å². The van der Waals surface area contributed by atoms with Crippen LogP contribution in [0.4, 0.5) is 14.5 Å². The van der Waals surface area contributed by atoms with Crippen LogP contribution in [0.5, 0.6) is 0 Å². The van der Waals surface area contributed by atoms with Gasteiger partial charge in [-0.1, -0.05) is 34.1 Å². The molecule has 5 heteroatoms. The lowest BCUT2D eigenvalue weighted by atomic mass is 10.0. The van der Waals surface area contributed by atoms with Gasteiger partial charge in [-0.2, -0.15) is 0 Å². The van der Waals surface area contributed by atoms with E-state index in [1.165, 1.54) is 6.07 Å². The lowest BCUT2D eigenvalue weighted by molar-refractivity contribution is -0.117. The van der Waals surface area contributed by atoms with Crippen molar-refractivity contribution in [1.29, 1.82) is 0 Å². The van der Waals surface area contributed by atoms with Crippen molar-refractivity contribution in [2.24, 2.45) is 0 Å². The molecule has 108 valence electrons. The van der Waals surface area contributed by atoms with E-state index in [2.05, 4.69) is 15.9 Å². The normalized spacial score (nSPS) is 15.2. The van der Waals surface area contributed by atoms with Gasteiger partial charge in [0.15, 0.2) is 11.6 Å². The summed E-state index contributed by atoms with van der Waals surface area (Å²) < 4.78 is 26.3. The molecule has 3 rings (SSSR count). The predicted octanol–water partition coefficient (Wildman–Crippen LogP) is 3.97. The van der Waals surface area contributed by atoms with E-state index in [0.717, 1.165) is 22.9 Å². The maximum absolute atomic E-state index is 13.3. The van der Waals surface area contributed by atoms with E-state index in [4.69, 9.17) is 0 Å². The van der Waals surface area contributed by atoms with Gasteiger partial charge >= 0.3 is 0 Å². The lowest BCUT2D eigenvalue weighted by Gasteiger charge is -2.14. The molecule has 0 saturated heterocycles. The third kappa shape index (κ3) is 2.46. The summed E-state index contributed by atoms with van der Waals surface area (Å²) in [4.78, 5) is 13.1. The van der Waals surface area contributed by atoms with Crippen LogP contribution in [0, 0.1) is 11.6 Å². The van der Waals surface area contributed by atoms with Gasteiger partial charge in [0.2, 0.25) is 5.91 Å². The molecule has 0 N–H and O–H groups in total. The van der Waals surface area contributed by atoms with Crippen LogP contribution in [-0.4, -0.2) is 13.0 Å². The quantitative estimate of drug-likeness (QED) is 0.749. The predicted molar refractivity (Wildman–Crippen MR) is 80.7 cm³/mol. The SMILES string of the molecule is CN1C(=O)Cc2cc(C(Br)c3ccc(F)c(F)c3)ccc21. The van der Waals surface area contributed by atoms with Gasteiger partial charge in [-0.15, -0.1) is 0 Å². The first-order valence-electron chi connectivity index (χ1n) is 6.46. The van der Waals surface area contributed by atoms with Crippen LogP contribution in [0.25, 0.3) is 0 Å². The molecule has 0 saturated carbocycles. The van der Waals surface area contributed by atoms with Crippen LogP contribution in [-0.2, 0) is 11.2 Å². The van der Waals surface area contributed by atoms with E-state index in [1.807, 2.05) is 18.2 Å². The molecule has 0 aliphatic carbocycles. The summed E-state index contributed by atoms with van der Waals surface area (Å²) in [5, 5.41) is 0. The van der Waals surface area contributed by atoms with Crippen LogP contribution >= 0.6 is 15.9 Å². The molecule has 2 aromatic rings. The third-order valence-electron chi connectivity index (χ3n) is 3.71. The number of benzene rings is 2. The zero-order valence-corrected chi connectivity index (χ0v) is 12.8. The fraction of sp³-hybridized carbons (Fsp3) is 0.188. The number of fused-ring (bicyclic) bond motifs is 1. The van der Waals surface area contributed by atoms with Crippen molar-refractivity contribution in [2.45, 2.75) is 11.2 Å². The van der Waals surface area contributed by atoms with Crippen LogP contribution < -0.4 is 4.90 Å². The molecular weight excluding hydrogens is 340 g/mol. The van der Waals surface area contributed by atoms with Crippen molar-refractivity contribution in [1.82, 2.24) is 0 Å². The molecule has 0 fully saturated rings. The minimum absolute atomic E-state index is 0.0566. The number of halogens is 3. The Morgan fingerprint density at radius 3 is 2.48 bits per heavy atom. The maximum Gasteiger partial charge on any atom is 0.231 e. The molecule has 21 heavy (non-hydrogen) atoms. The first kappa shape index (κ1) is 14.2. The van der Waals surface area contributed by atoms with Crippen LogP contribution in [0.1, 0.15) is 21.5 Å². The summed E-state index contributed by atoms with van der Waals surface area (Å²) in [5.41, 5.74) is 3.38. The number of likely N-dealkylation sites (N-methyl/N-ethyl adjacent to an activating group) is 1. The number of nitrogens with zero attached hydrogens (tertiary/aromatic N) is 1. The molecule has 0 spiro atoms. The smallest absolute Gasteiger partial charge is 0.231 e. The second-order valence-corrected chi connectivity index (χ2v) is 5.97. The van der Waals surface area contributed by atoms with Gasteiger partial charge in [-0.3, -0.25) is 4.79 Å². The lowest BCUT2D eigenvalue weighted by Crippen LogP contribution is -2.20. The number of hydrogen-bond acceptors (Lipinski definition) is 1. The minimum atomic E-state index is -0.868. The summed E-state index contributed by atoms with van der Waals surface area (Å²) in [7, 11) is 1.74. The summed E-state index contributed by atoms with van der Waals surface area (Å²) in [6, 6.07) is 9.53. The van der Waals surface area contributed by atoms with Gasteiger partial charge in [0.25, 0.3) is 0 Å². The monoisotopic (exact) mass is 351 g/mol. The van der Waals surface area contributed by atoms with E-state index in [9.17, 15) is 13.6 Å². The minimum Gasteiger partial charge on any atom is -0.315 e. The van der Waals surface area contributed by atoms with Gasteiger partial charge < -0.3 is 4.90 Å².